The first kappa shape index (κ1) is 20.8. The minimum Gasteiger partial charge on any atom is -0.315 e. The van der Waals surface area contributed by atoms with E-state index in [2.05, 4.69) is 37.7 Å². The second-order valence-electron chi connectivity index (χ2n) is 6.84. The molecule has 0 heterocycles. The smallest absolute Gasteiger partial charge is 0.211 e. The van der Waals surface area contributed by atoms with Crippen molar-refractivity contribution in [3.05, 3.63) is 0 Å². The highest BCUT2D eigenvalue weighted by Gasteiger charge is 2.19. The molecule has 128 valence electrons. The van der Waals surface area contributed by atoms with Crippen molar-refractivity contribution in [1.82, 2.24) is 14.9 Å². The summed E-state index contributed by atoms with van der Waals surface area (Å²) in [6.45, 7) is 10.0. The van der Waals surface area contributed by atoms with E-state index in [4.69, 9.17) is 0 Å². The molecule has 0 aromatic carbocycles. The SMILES string of the molecule is CC(C)CC(CN(C)C)NS(=O)(=O)CCCCNC(C)C. The summed E-state index contributed by atoms with van der Waals surface area (Å²) in [5.74, 6) is 0.697. The third-order valence-corrected chi connectivity index (χ3v) is 4.60. The van der Waals surface area contributed by atoms with Crippen molar-refractivity contribution in [1.29, 1.82) is 0 Å². The van der Waals surface area contributed by atoms with E-state index in [1.165, 1.54) is 0 Å². The van der Waals surface area contributed by atoms with Gasteiger partial charge in [0.25, 0.3) is 0 Å². The minimum atomic E-state index is -3.18. The number of sulfonamides is 1. The second kappa shape index (κ2) is 10.5. The van der Waals surface area contributed by atoms with Crippen LogP contribution in [0.5, 0.6) is 0 Å². The first-order valence-electron chi connectivity index (χ1n) is 8.00. The van der Waals surface area contributed by atoms with Crippen LogP contribution in [0.2, 0.25) is 0 Å². The molecule has 1 atom stereocenters. The normalized spacial score (nSPS) is 14.3. The van der Waals surface area contributed by atoms with Gasteiger partial charge in [0.05, 0.1) is 5.75 Å². The lowest BCUT2D eigenvalue weighted by Crippen LogP contribution is -2.43. The highest BCUT2D eigenvalue weighted by atomic mass is 32.2. The van der Waals surface area contributed by atoms with Crippen molar-refractivity contribution in [3.63, 3.8) is 0 Å². The molecule has 6 heteroatoms. The van der Waals surface area contributed by atoms with Crippen LogP contribution in [0.1, 0.15) is 47.0 Å². The van der Waals surface area contributed by atoms with Gasteiger partial charge in [-0.15, -0.1) is 0 Å². The van der Waals surface area contributed by atoms with Gasteiger partial charge in [0.1, 0.15) is 0 Å². The summed E-state index contributed by atoms with van der Waals surface area (Å²) < 4.78 is 27.2. The van der Waals surface area contributed by atoms with Crippen LogP contribution in [0.3, 0.4) is 0 Å². The molecule has 0 aromatic rings. The molecule has 0 aliphatic carbocycles. The molecule has 0 aliphatic heterocycles. The third kappa shape index (κ3) is 13.2. The Balaban J connectivity index is 4.20. The molecule has 0 aliphatic rings. The van der Waals surface area contributed by atoms with E-state index >= 15 is 0 Å². The maximum absolute atomic E-state index is 12.2. The number of hydrogen-bond acceptors (Lipinski definition) is 4. The van der Waals surface area contributed by atoms with Crippen LogP contribution >= 0.6 is 0 Å². The van der Waals surface area contributed by atoms with Gasteiger partial charge in [-0.3, -0.25) is 0 Å². The van der Waals surface area contributed by atoms with E-state index in [-0.39, 0.29) is 11.8 Å². The zero-order valence-electron chi connectivity index (χ0n) is 14.6. The maximum atomic E-state index is 12.2. The number of hydrogen-bond donors (Lipinski definition) is 2. The van der Waals surface area contributed by atoms with E-state index in [1.54, 1.807) is 0 Å². The molecular formula is C15H35N3O2S. The topological polar surface area (TPSA) is 61.4 Å². The van der Waals surface area contributed by atoms with Crippen LogP contribution < -0.4 is 10.0 Å². The lowest BCUT2D eigenvalue weighted by Gasteiger charge is -2.23. The van der Waals surface area contributed by atoms with Crippen molar-refractivity contribution in [2.45, 2.75) is 59.0 Å². The molecular weight excluding hydrogens is 286 g/mol. The van der Waals surface area contributed by atoms with Crippen LogP contribution in [-0.2, 0) is 10.0 Å². The van der Waals surface area contributed by atoms with Crippen molar-refractivity contribution in [2.75, 3.05) is 32.9 Å². The lowest BCUT2D eigenvalue weighted by atomic mass is 10.0. The van der Waals surface area contributed by atoms with Gasteiger partial charge in [-0.25, -0.2) is 13.1 Å². The number of unbranched alkanes of at least 4 members (excludes halogenated alkanes) is 1. The van der Waals surface area contributed by atoms with Gasteiger partial charge in [-0.05, 0) is 45.8 Å². The van der Waals surface area contributed by atoms with Crippen LogP contribution in [-0.4, -0.2) is 58.3 Å². The van der Waals surface area contributed by atoms with Crippen LogP contribution in [0, 0.1) is 5.92 Å². The van der Waals surface area contributed by atoms with Gasteiger partial charge in [0.15, 0.2) is 0 Å². The minimum absolute atomic E-state index is 0.00112. The second-order valence-corrected chi connectivity index (χ2v) is 8.71. The Labute approximate surface area is 131 Å². The Bertz CT molecular complexity index is 344. The summed E-state index contributed by atoms with van der Waals surface area (Å²) in [7, 11) is 0.766. The summed E-state index contributed by atoms with van der Waals surface area (Å²) >= 11 is 0. The zero-order valence-corrected chi connectivity index (χ0v) is 15.5. The largest absolute Gasteiger partial charge is 0.315 e. The van der Waals surface area contributed by atoms with Gasteiger partial charge < -0.3 is 10.2 Å². The molecule has 0 saturated carbocycles. The first-order valence-corrected chi connectivity index (χ1v) is 9.65. The average Bonchev–Trinajstić information content (AvgIpc) is 2.24. The summed E-state index contributed by atoms with van der Waals surface area (Å²) in [6.07, 6.45) is 2.46. The molecule has 0 bridgehead atoms. The van der Waals surface area contributed by atoms with Gasteiger partial charge in [0.2, 0.25) is 10.0 Å². The summed E-state index contributed by atoms with van der Waals surface area (Å²) in [4.78, 5) is 2.03. The molecule has 0 aromatic heterocycles. The zero-order chi connectivity index (χ0) is 16.5. The maximum Gasteiger partial charge on any atom is 0.211 e. The fourth-order valence-electron chi connectivity index (χ4n) is 2.29. The fourth-order valence-corrected chi connectivity index (χ4v) is 3.67. The third-order valence-electron chi connectivity index (χ3n) is 3.08. The van der Waals surface area contributed by atoms with Crippen LogP contribution in [0.15, 0.2) is 0 Å². The Hall–Kier alpha value is -0.170. The predicted molar refractivity (Wildman–Crippen MR) is 91.1 cm³/mol. The van der Waals surface area contributed by atoms with Crippen molar-refractivity contribution in [2.24, 2.45) is 5.92 Å². The summed E-state index contributed by atoms with van der Waals surface area (Å²) in [5.41, 5.74) is 0. The van der Waals surface area contributed by atoms with Crippen molar-refractivity contribution >= 4 is 10.0 Å². The van der Waals surface area contributed by atoms with Gasteiger partial charge >= 0.3 is 0 Å². The summed E-state index contributed by atoms with van der Waals surface area (Å²) in [5, 5.41) is 3.30. The molecule has 1 unspecified atom stereocenters. The van der Waals surface area contributed by atoms with Crippen LogP contribution in [0.4, 0.5) is 0 Å². The van der Waals surface area contributed by atoms with Crippen molar-refractivity contribution < 1.29 is 8.42 Å². The molecule has 21 heavy (non-hydrogen) atoms. The number of likely N-dealkylation sites (N-methyl/N-ethyl adjacent to an activating group) is 1. The lowest BCUT2D eigenvalue weighted by molar-refractivity contribution is 0.329. The van der Waals surface area contributed by atoms with Gasteiger partial charge in [0, 0.05) is 18.6 Å². The average molecular weight is 322 g/mol. The Kier molecular flexibility index (Phi) is 10.5. The highest BCUT2D eigenvalue weighted by Crippen LogP contribution is 2.07. The van der Waals surface area contributed by atoms with E-state index < -0.39 is 10.0 Å². The van der Waals surface area contributed by atoms with E-state index in [0.717, 1.165) is 25.9 Å². The van der Waals surface area contributed by atoms with E-state index in [9.17, 15) is 8.42 Å². The van der Waals surface area contributed by atoms with Gasteiger partial charge in [-0.2, -0.15) is 0 Å². The Morgan fingerprint density at radius 2 is 1.67 bits per heavy atom. The predicted octanol–water partition coefficient (Wildman–Crippen LogP) is 1.66. The first-order chi connectivity index (χ1) is 9.62. The fraction of sp³-hybridized carbons (Fsp3) is 1.00. The molecule has 0 spiro atoms. The number of nitrogens with one attached hydrogen (secondary N) is 2. The molecule has 0 rings (SSSR count). The highest BCUT2D eigenvalue weighted by molar-refractivity contribution is 7.89. The van der Waals surface area contributed by atoms with Gasteiger partial charge in [-0.1, -0.05) is 27.7 Å². The van der Waals surface area contributed by atoms with E-state index in [1.807, 2.05) is 19.0 Å². The summed E-state index contributed by atoms with van der Waals surface area (Å²) in [6, 6.07) is 0.453. The monoisotopic (exact) mass is 321 g/mol. The van der Waals surface area contributed by atoms with Crippen LogP contribution in [0.25, 0.3) is 0 Å². The number of nitrogens with zero attached hydrogens (tertiary/aromatic N) is 1. The quantitative estimate of drug-likeness (QED) is 0.537. The molecule has 0 amide bonds. The molecule has 5 nitrogen and oxygen atoms in total. The molecule has 0 saturated heterocycles. The Morgan fingerprint density at radius 1 is 1.05 bits per heavy atom. The van der Waals surface area contributed by atoms with Crippen molar-refractivity contribution in [3.8, 4) is 0 Å². The van der Waals surface area contributed by atoms with E-state index in [0.29, 0.717) is 18.4 Å². The molecule has 0 fully saturated rings. The molecule has 2 N–H and O–H groups in total. The number of rotatable bonds is 12. The standard InChI is InChI=1S/C15H35N3O2S/c1-13(2)11-15(12-18(5)6)17-21(19,20)10-8-7-9-16-14(3)4/h13-17H,7-12H2,1-6H3. The Morgan fingerprint density at radius 3 is 2.14 bits per heavy atom. The molecule has 0 radical (unpaired) electrons.